The van der Waals surface area contributed by atoms with Crippen LogP contribution in [0.25, 0.3) is 30.6 Å². The van der Waals surface area contributed by atoms with Gasteiger partial charge in [0.05, 0.1) is 35.6 Å². The summed E-state index contributed by atoms with van der Waals surface area (Å²) >= 11 is 2.96. The fourth-order valence-corrected chi connectivity index (χ4v) is 5.82. The monoisotopic (exact) mass is 965 g/mol. The van der Waals surface area contributed by atoms with Crippen LogP contribution in [-0.2, 0) is 14.4 Å². The average Bonchev–Trinajstić information content (AvgIpc) is 3.57. The third kappa shape index (κ3) is 11.9. The van der Waals surface area contributed by atoms with Crippen molar-refractivity contribution in [3.05, 3.63) is 76.8 Å². The molecule has 2 heterocycles. The Balaban J connectivity index is 0.00000294. The molecule has 2 aromatic carbocycles. The maximum Gasteiger partial charge on any atom is 1.00 e. The number of hydrogen-bond donors (Lipinski definition) is 1. The van der Waals surface area contributed by atoms with E-state index < -0.39 is 42.5 Å². The second-order valence-electron chi connectivity index (χ2n) is 8.10. The molecule has 0 amide bonds. The zero-order valence-electron chi connectivity index (χ0n) is 22.9. The Kier molecular flexibility index (Phi) is 19.7. The van der Waals surface area contributed by atoms with Gasteiger partial charge in [0.1, 0.15) is 5.75 Å². The van der Waals surface area contributed by atoms with Crippen LogP contribution in [0.1, 0.15) is 0 Å². The van der Waals surface area contributed by atoms with Gasteiger partial charge in [-0.2, -0.15) is 0 Å². The summed E-state index contributed by atoms with van der Waals surface area (Å²) in [5.74, 6) is -4.34. The number of hydrogen-bond acceptors (Lipinski definition) is 11. The number of nitrogens with zero attached hydrogens (tertiary/aromatic N) is 2. The molecule has 4 rings (SSSR count). The molecule has 0 aliphatic carbocycles. The molecule has 200 valence electrons. The van der Waals surface area contributed by atoms with Gasteiger partial charge in [0, 0.05) is 31.6 Å². The molecular formula is C26H18Cs3N2O9S2+. The first-order valence-corrected chi connectivity index (χ1v) is 12.8. The zero-order valence-corrected chi connectivity index (χ0v) is 43.4. The minimum absolute atomic E-state index is 0. The molecule has 0 saturated heterocycles. The topological polar surface area (TPSA) is 173 Å². The molecule has 0 radical (unpaired) electrons. The number of rotatable bonds is 12. The Hall–Kier alpha value is 1.41. The molecular weight excluding hydrogens is 947 g/mol. The van der Waals surface area contributed by atoms with Gasteiger partial charge >= 0.3 is 213 Å². The van der Waals surface area contributed by atoms with Gasteiger partial charge < -0.3 is 34.5 Å². The van der Waals surface area contributed by atoms with Crippen LogP contribution in [0.5, 0.6) is 5.75 Å². The van der Waals surface area contributed by atoms with E-state index in [4.69, 9.17) is 9.84 Å². The van der Waals surface area contributed by atoms with E-state index in [0.717, 1.165) is 30.0 Å². The summed E-state index contributed by atoms with van der Waals surface area (Å²) in [7, 11) is 0. The number of nitro groups is 1. The van der Waals surface area contributed by atoms with Crippen LogP contribution in [0.2, 0.25) is 0 Å². The van der Waals surface area contributed by atoms with E-state index in [0.29, 0.717) is 5.56 Å². The predicted octanol–water partition coefficient (Wildman–Crippen LogP) is -6.50. The standard InChI is InChI=1S/C26H20N2O9S2.3Cs/c29-24(30)12-27(13-25(31)32)18-6-3-16(11-19(18)37-14-26(33)34)21-8-10-23(39-21)22-9-7-20(38-22)15-1-4-17(5-2-15)28(35)36;;;/h1-11H,12-14H2,(H,29,30)(H,31,32)(H,33,34);;;/q;3*+1/p-2. The Morgan fingerprint density at radius 1 is 0.762 bits per heavy atom. The maximum atomic E-state index is 11.2. The van der Waals surface area contributed by atoms with Crippen molar-refractivity contribution in [2.45, 2.75) is 0 Å². The van der Waals surface area contributed by atoms with Crippen molar-refractivity contribution < 1.29 is 246 Å². The number of aliphatic carboxylic acids is 3. The Bertz CT molecular complexity index is 1540. The molecule has 42 heavy (non-hydrogen) atoms. The Morgan fingerprint density at radius 2 is 1.24 bits per heavy atom. The number of nitro benzene ring substituents is 1. The molecule has 1 N–H and O–H groups in total. The van der Waals surface area contributed by atoms with Crippen LogP contribution >= 0.6 is 22.7 Å². The van der Waals surface area contributed by atoms with Gasteiger partial charge in [-0.15, -0.1) is 22.7 Å². The number of ether oxygens (including phenoxy) is 1. The molecule has 0 unspecified atom stereocenters. The van der Waals surface area contributed by atoms with Crippen LogP contribution in [0, 0.1) is 10.1 Å². The Labute approximate surface area is 424 Å². The number of carbonyl (C=O) groups excluding carboxylic acids is 2. The molecule has 0 saturated carbocycles. The van der Waals surface area contributed by atoms with Gasteiger partial charge in [0.2, 0.25) is 0 Å². The first kappa shape index (κ1) is 41.4. The summed E-state index contributed by atoms with van der Waals surface area (Å²) in [5, 5.41) is 42.3. The van der Waals surface area contributed by atoms with Crippen molar-refractivity contribution >= 4 is 52.0 Å². The summed E-state index contributed by atoms with van der Waals surface area (Å²) in [4.78, 5) is 48.5. The van der Waals surface area contributed by atoms with E-state index in [1.165, 1.54) is 46.9 Å². The van der Waals surface area contributed by atoms with E-state index >= 15 is 0 Å². The average molecular weight is 965 g/mol. The number of thiophene rings is 2. The number of benzene rings is 2. The second-order valence-corrected chi connectivity index (χ2v) is 10.3. The minimum Gasteiger partial charge on any atom is -0.548 e. The van der Waals surface area contributed by atoms with E-state index in [9.17, 15) is 34.7 Å². The van der Waals surface area contributed by atoms with Crippen molar-refractivity contribution in [1.82, 2.24) is 0 Å². The van der Waals surface area contributed by atoms with Crippen molar-refractivity contribution in [2.24, 2.45) is 0 Å². The SMILES string of the molecule is O=C([O-])CN(CC(=O)[O-])c1ccc(-c2ccc(-c3ccc(-c4ccc([N+](=O)[O-])cc4)s3)s2)cc1OCC(=O)O.[Cs+].[Cs+].[Cs+]. The van der Waals surface area contributed by atoms with Gasteiger partial charge in [0.15, 0.2) is 6.61 Å². The largest absolute Gasteiger partial charge is 1.00 e. The molecule has 4 aromatic rings. The number of anilines is 1. The molecule has 0 bridgehead atoms. The van der Waals surface area contributed by atoms with Crippen LogP contribution in [0.15, 0.2) is 66.7 Å². The van der Waals surface area contributed by atoms with E-state index in [2.05, 4.69) is 0 Å². The molecule has 16 heteroatoms. The van der Waals surface area contributed by atoms with Crippen LogP contribution in [0.3, 0.4) is 0 Å². The van der Waals surface area contributed by atoms with Gasteiger partial charge in [-0.3, -0.25) is 10.1 Å². The zero-order chi connectivity index (χ0) is 28.1. The summed E-state index contributed by atoms with van der Waals surface area (Å²) < 4.78 is 5.37. The fraction of sp³-hybridized carbons (Fsp3) is 0.115. The maximum absolute atomic E-state index is 11.2. The first-order chi connectivity index (χ1) is 18.6. The third-order valence-corrected chi connectivity index (χ3v) is 7.86. The number of carbonyl (C=O) groups is 3. The van der Waals surface area contributed by atoms with Crippen molar-refractivity contribution in [1.29, 1.82) is 0 Å². The minimum atomic E-state index is -1.53. The van der Waals surface area contributed by atoms with Gasteiger partial charge in [-0.25, -0.2) is 4.79 Å². The van der Waals surface area contributed by atoms with E-state index in [-0.39, 0.29) is 224 Å². The summed E-state index contributed by atoms with van der Waals surface area (Å²) in [6.45, 7) is -2.26. The summed E-state index contributed by atoms with van der Waals surface area (Å²) in [5.41, 5.74) is 1.57. The fourth-order valence-electron chi connectivity index (χ4n) is 3.72. The number of non-ortho nitro benzene ring substituents is 1. The Morgan fingerprint density at radius 3 is 1.71 bits per heavy atom. The van der Waals surface area contributed by atoms with E-state index in [1.54, 1.807) is 18.2 Å². The molecule has 0 spiro atoms. The van der Waals surface area contributed by atoms with Gasteiger partial charge in [-0.05, 0) is 59.7 Å². The summed E-state index contributed by atoms with van der Waals surface area (Å²) in [6, 6.07) is 18.5. The van der Waals surface area contributed by atoms with Crippen molar-refractivity contribution in [3.8, 4) is 36.4 Å². The number of carboxylic acids is 3. The molecule has 0 aliphatic rings. The molecule has 0 aliphatic heterocycles. The quantitative estimate of drug-likeness (QED) is 0.106. The van der Waals surface area contributed by atoms with Crippen LogP contribution in [0.4, 0.5) is 11.4 Å². The van der Waals surface area contributed by atoms with Crippen molar-refractivity contribution in [3.63, 3.8) is 0 Å². The van der Waals surface area contributed by atoms with Crippen LogP contribution < -0.4 is 227 Å². The molecule has 0 fully saturated rings. The van der Waals surface area contributed by atoms with Gasteiger partial charge in [0.25, 0.3) is 5.69 Å². The van der Waals surface area contributed by atoms with E-state index in [1.807, 2.05) is 24.3 Å². The predicted molar refractivity (Wildman–Crippen MR) is 141 cm³/mol. The third-order valence-electron chi connectivity index (χ3n) is 5.39. The second kappa shape index (κ2) is 19.9. The molecule has 0 atom stereocenters. The smallest absolute Gasteiger partial charge is 0.548 e. The summed E-state index contributed by atoms with van der Waals surface area (Å²) in [6.07, 6.45) is 0. The van der Waals surface area contributed by atoms with Crippen LogP contribution in [-0.4, -0.2) is 47.6 Å². The first-order valence-electron chi connectivity index (χ1n) is 11.2. The van der Waals surface area contributed by atoms with Crippen molar-refractivity contribution in [2.75, 3.05) is 24.6 Å². The molecule has 11 nitrogen and oxygen atoms in total. The molecule has 2 aromatic heterocycles. The number of carboxylic acid groups (broad SMARTS) is 3. The van der Waals surface area contributed by atoms with Gasteiger partial charge in [-0.1, -0.05) is 6.07 Å². The normalized spacial score (nSPS) is 9.90.